The molecule has 4 rings (SSSR count). The van der Waals surface area contributed by atoms with Crippen molar-refractivity contribution in [2.75, 3.05) is 5.32 Å². The number of allylic oxidation sites excluding steroid dienone is 1. The van der Waals surface area contributed by atoms with Crippen molar-refractivity contribution in [2.45, 2.75) is 6.18 Å². The number of fused-ring (bicyclic) bond motifs is 2. The molecule has 0 bridgehead atoms. The second kappa shape index (κ2) is 5.68. The zero-order chi connectivity index (χ0) is 18.5. The van der Waals surface area contributed by atoms with E-state index in [0.29, 0.717) is 16.0 Å². The van der Waals surface area contributed by atoms with Gasteiger partial charge in [0.05, 0.1) is 21.4 Å². The van der Waals surface area contributed by atoms with E-state index in [4.69, 9.17) is 0 Å². The Labute approximate surface area is 149 Å². The largest absolute Gasteiger partial charge is 0.416 e. The zero-order valence-electron chi connectivity index (χ0n) is 12.9. The number of rotatable bonds is 1. The molecule has 26 heavy (non-hydrogen) atoms. The fourth-order valence-electron chi connectivity index (χ4n) is 2.79. The van der Waals surface area contributed by atoms with Crippen LogP contribution in [0.4, 0.5) is 18.9 Å². The van der Waals surface area contributed by atoms with Gasteiger partial charge >= 0.3 is 6.18 Å². The van der Waals surface area contributed by atoms with Crippen LogP contribution in [-0.2, 0) is 11.0 Å². The Morgan fingerprint density at radius 2 is 1.96 bits per heavy atom. The number of carbonyl (C=O) groups is 1. The molecule has 1 amide bonds. The monoisotopic (exact) mass is 371 g/mol. The molecule has 8 heteroatoms. The maximum Gasteiger partial charge on any atom is 0.416 e. The SMILES string of the molecule is N#CC(=C1C(=O)Nc2ccccc21)c1nc2cc(C(F)(F)F)ccc2s1. The summed E-state index contributed by atoms with van der Waals surface area (Å²) >= 11 is 1.07. The third-order valence-corrected chi connectivity index (χ3v) is 5.02. The van der Waals surface area contributed by atoms with Gasteiger partial charge in [-0.25, -0.2) is 4.98 Å². The first-order valence-electron chi connectivity index (χ1n) is 7.42. The van der Waals surface area contributed by atoms with Crippen molar-refractivity contribution in [3.8, 4) is 6.07 Å². The third-order valence-electron chi connectivity index (χ3n) is 3.96. The highest BCUT2D eigenvalue weighted by Crippen LogP contribution is 2.39. The third kappa shape index (κ3) is 2.53. The van der Waals surface area contributed by atoms with Crippen molar-refractivity contribution in [1.82, 2.24) is 4.98 Å². The van der Waals surface area contributed by atoms with Crippen LogP contribution in [0.1, 0.15) is 16.1 Å². The minimum Gasteiger partial charge on any atom is -0.321 e. The number of benzene rings is 2. The smallest absolute Gasteiger partial charge is 0.321 e. The van der Waals surface area contributed by atoms with E-state index >= 15 is 0 Å². The zero-order valence-corrected chi connectivity index (χ0v) is 13.7. The van der Waals surface area contributed by atoms with E-state index in [9.17, 15) is 23.2 Å². The van der Waals surface area contributed by atoms with Gasteiger partial charge in [0.2, 0.25) is 0 Å². The topological polar surface area (TPSA) is 65.8 Å². The molecule has 2 aromatic carbocycles. The van der Waals surface area contributed by atoms with Gasteiger partial charge < -0.3 is 5.32 Å². The number of hydrogen-bond acceptors (Lipinski definition) is 4. The Morgan fingerprint density at radius 3 is 2.69 bits per heavy atom. The normalized spacial score (nSPS) is 15.5. The first kappa shape index (κ1) is 16.3. The summed E-state index contributed by atoms with van der Waals surface area (Å²) in [4.78, 5) is 16.5. The Balaban J connectivity index is 1.91. The first-order valence-corrected chi connectivity index (χ1v) is 8.23. The van der Waals surface area contributed by atoms with Gasteiger partial charge in [-0.15, -0.1) is 11.3 Å². The van der Waals surface area contributed by atoms with Crippen LogP contribution in [0.15, 0.2) is 42.5 Å². The summed E-state index contributed by atoms with van der Waals surface area (Å²) in [7, 11) is 0. The summed E-state index contributed by atoms with van der Waals surface area (Å²) in [6, 6.07) is 12.1. The number of aromatic nitrogens is 1. The van der Waals surface area contributed by atoms with Gasteiger partial charge in [-0.3, -0.25) is 4.79 Å². The second-order valence-corrected chi connectivity index (χ2v) is 6.59. The molecule has 4 nitrogen and oxygen atoms in total. The van der Waals surface area contributed by atoms with Crippen molar-refractivity contribution < 1.29 is 18.0 Å². The number of para-hydroxylation sites is 1. The molecule has 0 atom stereocenters. The molecule has 2 heterocycles. The van der Waals surface area contributed by atoms with Crippen LogP contribution in [-0.4, -0.2) is 10.9 Å². The van der Waals surface area contributed by atoms with E-state index in [-0.39, 0.29) is 21.7 Å². The maximum absolute atomic E-state index is 12.9. The number of hydrogen-bond donors (Lipinski definition) is 1. The minimum atomic E-state index is -4.47. The van der Waals surface area contributed by atoms with Gasteiger partial charge in [0.1, 0.15) is 16.6 Å². The van der Waals surface area contributed by atoms with Gasteiger partial charge in [-0.1, -0.05) is 18.2 Å². The molecule has 0 saturated heterocycles. The summed E-state index contributed by atoms with van der Waals surface area (Å²) in [6.07, 6.45) is -4.47. The molecular formula is C18H8F3N3OS. The van der Waals surface area contributed by atoms with E-state index in [1.807, 2.05) is 6.07 Å². The first-order chi connectivity index (χ1) is 12.4. The van der Waals surface area contributed by atoms with E-state index < -0.39 is 17.6 Å². The molecule has 128 valence electrons. The van der Waals surface area contributed by atoms with Gasteiger partial charge in [-0.05, 0) is 24.3 Å². The van der Waals surface area contributed by atoms with Gasteiger partial charge in [0.15, 0.2) is 0 Å². The Kier molecular flexibility index (Phi) is 3.56. The van der Waals surface area contributed by atoms with Crippen molar-refractivity contribution in [3.05, 3.63) is 58.6 Å². The lowest BCUT2D eigenvalue weighted by Gasteiger charge is -2.04. The lowest BCUT2D eigenvalue weighted by Crippen LogP contribution is -2.05. The number of nitrogens with zero attached hydrogens (tertiary/aromatic N) is 2. The van der Waals surface area contributed by atoms with Crippen LogP contribution >= 0.6 is 11.3 Å². The fraction of sp³-hybridized carbons (Fsp3) is 0.0556. The number of carbonyl (C=O) groups excluding carboxylic acids is 1. The number of nitriles is 1. The van der Waals surface area contributed by atoms with Crippen LogP contribution in [0.25, 0.3) is 21.4 Å². The molecule has 0 radical (unpaired) electrons. The Bertz CT molecular complexity index is 1140. The summed E-state index contributed by atoms with van der Waals surface area (Å²) in [5.41, 5.74) is 0.710. The fourth-order valence-corrected chi connectivity index (χ4v) is 3.73. The summed E-state index contributed by atoms with van der Waals surface area (Å²) in [6.45, 7) is 0. The van der Waals surface area contributed by atoms with Crippen LogP contribution < -0.4 is 5.32 Å². The van der Waals surface area contributed by atoms with Gasteiger partial charge in [-0.2, -0.15) is 18.4 Å². The van der Waals surface area contributed by atoms with E-state index in [1.165, 1.54) is 6.07 Å². The number of nitrogens with one attached hydrogen (secondary N) is 1. The van der Waals surface area contributed by atoms with Gasteiger partial charge in [0, 0.05) is 11.3 Å². The van der Waals surface area contributed by atoms with Crippen LogP contribution in [0.5, 0.6) is 0 Å². The highest BCUT2D eigenvalue weighted by Gasteiger charge is 2.32. The molecule has 1 N–H and O–H groups in total. The summed E-state index contributed by atoms with van der Waals surface area (Å²) in [5, 5.41) is 12.5. The standard InChI is InChI=1S/C18H8F3N3OS/c19-18(20,21)9-5-6-14-13(7-9)24-17(26-14)11(8-22)15-10-3-1-2-4-12(10)23-16(15)25/h1-7H,(H,23,25). The van der Waals surface area contributed by atoms with Gasteiger partial charge in [0.25, 0.3) is 5.91 Å². The molecule has 1 aliphatic rings. The predicted octanol–water partition coefficient (Wildman–Crippen LogP) is 4.70. The lowest BCUT2D eigenvalue weighted by atomic mass is 10.0. The molecule has 0 saturated carbocycles. The number of amides is 1. The van der Waals surface area contributed by atoms with E-state index in [2.05, 4.69) is 10.3 Å². The van der Waals surface area contributed by atoms with Crippen LogP contribution in [0.3, 0.4) is 0 Å². The van der Waals surface area contributed by atoms with E-state index in [1.54, 1.807) is 24.3 Å². The van der Waals surface area contributed by atoms with Crippen molar-refractivity contribution in [1.29, 1.82) is 5.26 Å². The van der Waals surface area contributed by atoms with Crippen molar-refractivity contribution >= 4 is 44.3 Å². The number of anilines is 1. The quantitative estimate of drug-likeness (QED) is 0.498. The van der Waals surface area contributed by atoms with Crippen LogP contribution in [0, 0.1) is 11.3 Å². The molecule has 1 aliphatic heterocycles. The molecule has 0 fully saturated rings. The van der Waals surface area contributed by atoms with Crippen molar-refractivity contribution in [2.24, 2.45) is 0 Å². The number of thiazole rings is 1. The average Bonchev–Trinajstić information content (AvgIpc) is 3.15. The lowest BCUT2D eigenvalue weighted by molar-refractivity contribution is -0.137. The highest BCUT2D eigenvalue weighted by molar-refractivity contribution is 7.19. The second-order valence-electron chi connectivity index (χ2n) is 5.56. The average molecular weight is 371 g/mol. The van der Waals surface area contributed by atoms with E-state index in [0.717, 1.165) is 23.5 Å². The molecule has 0 aliphatic carbocycles. The molecule has 0 spiro atoms. The van der Waals surface area contributed by atoms with Crippen LogP contribution in [0.2, 0.25) is 0 Å². The summed E-state index contributed by atoms with van der Waals surface area (Å²) in [5.74, 6) is -0.432. The van der Waals surface area contributed by atoms with Crippen molar-refractivity contribution in [3.63, 3.8) is 0 Å². The predicted molar refractivity (Wildman–Crippen MR) is 92.1 cm³/mol. The number of halogens is 3. The minimum absolute atomic E-state index is 0.0437. The molecule has 3 aromatic rings. The molecule has 1 aromatic heterocycles. The summed E-state index contributed by atoms with van der Waals surface area (Å²) < 4.78 is 39.1. The molecule has 0 unspecified atom stereocenters. The maximum atomic E-state index is 12.9. The Morgan fingerprint density at radius 1 is 1.19 bits per heavy atom. The number of alkyl halides is 3. The molecular weight excluding hydrogens is 363 g/mol. The highest BCUT2D eigenvalue weighted by atomic mass is 32.1. The Hall–Kier alpha value is -3.18.